The summed E-state index contributed by atoms with van der Waals surface area (Å²) in [6.45, 7) is 1.06. The summed E-state index contributed by atoms with van der Waals surface area (Å²) in [5.74, 6) is 0.0445. The van der Waals surface area contributed by atoms with Crippen LogP contribution in [0.1, 0.15) is 10.4 Å². The molecule has 2 aromatic rings. The number of carbonyl (C=O) groups excluding carboxylic acids is 1. The first-order valence-corrected chi connectivity index (χ1v) is 7.26. The molecule has 1 aliphatic heterocycles. The van der Waals surface area contributed by atoms with Gasteiger partial charge >= 0.3 is 0 Å². The van der Waals surface area contributed by atoms with Crippen molar-refractivity contribution >= 4 is 28.6 Å². The quantitative estimate of drug-likeness (QED) is 0.931. The number of hydrogen-bond donors (Lipinski definition) is 1. The smallest absolute Gasteiger partial charge is 0.229 e. The number of hydrogen-bond acceptors (Lipinski definition) is 3. The number of nitrogens with zero attached hydrogens (tertiary/aromatic N) is 1. The molecule has 0 saturated heterocycles. The van der Waals surface area contributed by atoms with E-state index in [2.05, 4.69) is 29.4 Å². The van der Waals surface area contributed by atoms with Crippen LogP contribution in [0.5, 0.6) is 0 Å². The van der Waals surface area contributed by atoms with Crippen LogP contribution in [0.3, 0.4) is 0 Å². The molecule has 2 heterocycles. The van der Waals surface area contributed by atoms with E-state index < -0.39 is 0 Å². The molecule has 1 aromatic carbocycles. The second-order valence-electron chi connectivity index (χ2n) is 4.82. The highest BCUT2D eigenvalue weighted by molar-refractivity contribution is 7.10. The van der Waals surface area contributed by atoms with Crippen LogP contribution in [0.4, 0.5) is 11.4 Å². The zero-order valence-corrected chi connectivity index (χ0v) is 11.7. The van der Waals surface area contributed by atoms with Crippen LogP contribution in [-0.4, -0.2) is 19.5 Å². The largest absolute Gasteiger partial charge is 0.374 e. The van der Waals surface area contributed by atoms with Crippen LogP contribution in [-0.2, 0) is 17.6 Å². The summed E-state index contributed by atoms with van der Waals surface area (Å²) >= 11 is 1.61. The molecule has 19 heavy (non-hydrogen) atoms. The Hall–Kier alpha value is -1.81. The third kappa shape index (κ3) is 2.63. The summed E-state index contributed by atoms with van der Waals surface area (Å²) in [6.07, 6.45) is 1.54. The van der Waals surface area contributed by atoms with Crippen molar-refractivity contribution in [1.82, 2.24) is 0 Å². The monoisotopic (exact) mass is 272 g/mol. The van der Waals surface area contributed by atoms with Gasteiger partial charge in [0.2, 0.25) is 5.91 Å². The van der Waals surface area contributed by atoms with Gasteiger partial charge in [-0.1, -0.05) is 12.1 Å². The Labute approximate surface area is 116 Å². The first-order valence-electron chi connectivity index (χ1n) is 6.39. The lowest BCUT2D eigenvalue weighted by Crippen LogP contribution is -2.15. The number of benzene rings is 1. The SMILES string of the molecule is CN1CCc2ccc(NC(=O)Cc3cccs3)cc21. The van der Waals surface area contributed by atoms with Gasteiger partial charge in [-0.2, -0.15) is 0 Å². The number of rotatable bonds is 3. The van der Waals surface area contributed by atoms with Crippen molar-refractivity contribution in [1.29, 1.82) is 0 Å². The summed E-state index contributed by atoms with van der Waals surface area (Å²) in [4.78, 5) is 15.3. The number of carbonyl (C=O) groups is 1. The fourth-order valence-electron chi connectivity index (χ4n) is 2.39. The van der Waals surface area contributed by atoms with Crippen molar-refractivity contribution in [2.24, 2.45) is 0 Å². The van der Waals surface area contributed by atoms with Crippen LogP contribution >= 0.6 is 11.3 Å². The van der Waals surface area contributed by atoms with E-state index in [1.54, 1.807) is 11.3 Å². The molecular formula is C15H16N2OS. The van der Waals surface area contributed by atoms with E-state index in [1.165, 1.54) is 11.3 Å². The molecule has 0 saturated carbocycles. The molecule has 4 heteroatoms. The second-order valence-corrected chi connectivity index (χ2v) is 5.85. The van der Waals surface area contributed by atoms with E-state index in [9.17, 15) is 4.79 Å². The highest BCUT2D eigenvalue weighted by atomic mass is 32.1. The molecule has 1 amide bonds. The number of likely N-dealkylation sites (N-methyl/N-ethyl adjacent to an activating group) is 1. The fraction of sp³-hybridized carbons (Fsp3) is 0.267. The molecule has 3 nitrogen and oxygen atoms in total. The predicted octanol–water partition coefficient (Wildman–Crippen LogP) is 2.92. The summed E-state index contributed by atoms with van der Waals surface area (Å²) in [6, 6.07) is 10.1. The van der Waals surface area contributed by atoms with Gasteiger partial charge in [0.15, 0.2) is 0 Å². The normalized spacial score (nSPS) is 13.4. The maximum Gasteiger partial charge on any atom is 0.229 e. The van der Waals surface area contributed by atoms with Gasteiger partial charge in [0, 0.05) is 29.8 Å². The summed E-state index contributed by atoms with van der Waals surface area (Å²) in [7, 11) is 2.09. The Morgan fingerprint density at radius 1 is 1.42 bits per heavy atom. The van der Waals surface area contributed by atoms with Crippen molar-refractivity contribution in [3.63, 3.8) is 0 Å². The van der Waals surface area contributed by atoms with Crippen molar-refractivity contribution in [2.75, 3.05) is 23.8 Å². The minimum absolute atomic E-state index is 0.0445. The summed E-state index contributed by atoms with van der Waals surface area (Å²) < 4.78 is 0. The molecule has 0 aliphatic carbocycles. The maximum atomic E-state index is 11.9. The maximum absolute atomic E-state index is 11.9. The second kappa shape index (κ2) is 5.05. The molecule has 1 aromatic heterocycles. The highest BCUT2D eigenvalue weighted by Crippen LogP contribution is 2.29. The Balaban J connectivity index is 1.70. The molecule has 0 unspecified atom stereocenters. The van der Waals surface area contributed by atoms with Gasteiger partial charge in [-0.05, 0) is 35.6 Å². The Morgan fingerprint density at radius 3 is 3.11 bits per heavy atom. The molecule has 0 bridgehead atoms. The van der Waals surface area contributed by atoms with E-state index in [0.717, 1.165) is 23.5 Å². The van der Waals surface area contributed by atoms with Crippen LogP contribution in [0.15, 0.2) is 35.7 Å². The lowest BCUT2D eigenvalue weighted by Gasteiger charge is -2.13. The van der Waals surface area contributed by atoms with Crippen molar-refractivity contribution in [3.8, 4) is 0 Å². The zero-order chi connectivity index (χ0) is 13.2. The van der Waals surface area contributed by atoms with Crippen LogP contribution in [0, 0.1) is 0 Å². The molecule has 0 spiro atoms. The molecule has 3 rings (SSSR count). The van der Waals surface area contributed by atoms with Crippen LogP contribution in [0.2, 0.25) is 0 Å². The van der Waals surface area contributed by atoms with Gasteiger partial charge in [-0.25, -0.2) is 0 Å². The lowest BCUT2D eigenvalue weighted by atomic mass is 10.1. The van der Waals surface area contributed by atoms with Gasteiger partial charge in [0.1, 0.15) is 0 Å². The minimum Gasteiger partial charge on any atom is -0.374 e. The Morgan fingerprint density at radius 2 is 2.32 bits per heavy atom. The third-order valence-electron chi connectivity index (χ3n) is 3.41. The first kappa shape index (κ1) is 12.2. The van der Waals surface area contributed by atoms with E-state index in [4.69, 9.17) is 0 Å². The number of thiophene rings is 1. The zero-order valence-electron chi connectivity index (χ0n) is 10.8. The van der Waals surface area contributed by atoms with Crippen molar-refractivity contribution in [3.05, 3.63) is 46.2 Å². The van der Waals surface area contributed by atoms with E-state index in [-0.39, 0.29) is 5.91 Å². The van der Waals surface area contributed by atoms with E-state index in [0.29, 0.717) is 6.42 Å². The number of nitrogens with one attached hydrogen (secondary N) is 1. The fourth-order valence-corrected chi connectivity index (χ4v) is 3.10. The third-order valence-corrected chi connectivity index (χ3v) is 4.29. The molecule has 1 aliphatic rings. The predicted molar refractivity (Wildman–Crippen MR) is 80.1 cm³/mol. The average molecular weight is 272 g/mol. The highest BCUT2D eigenvalue weighted by Gasteiger charge is 2.16. The Bertz CT molecular complexity index is 592. The minimum atomic E-state index is 0.0445. The van der Waals surface area contributed by atoms with Gasteiger partial charge in [-0.3, -0.25) is 4.79 Å². The van der Waals surface area contributed by atoms with Gasteiger partial charge < -0.3 is 10.2 Å². The lowest BCUT2D eigenvalue weighted by molar-refractivity contribution is -0.115. The average Bonchev–Trinajstić information content (AvgIpc) is 3.00. The first-order chi connectivity index (χ1) is 9.22. The summed E-state index contributed by atoms with van der Waals surface area (Å²) in [5.41, 5.74) is 3.47. The van der Waals surface area contributed by atoms with Crippen molar-refractivity contribution < 1.29 is 4.79 Å². The molecular weight excluding hydrogens is 256 g/mol. The number of amides is 1. The van der Waals surface area contributed by atoms with Crippen LogP contribution in [0.25, 0.3) is 0 Å². The van der Waals surface area contributed by atoms with Gasteiger partial charge in [-0.15, -0.1) is 11.3 Å². The molecule has 0 radical (unpaired) electrons. The standard InChI is InChI=1S/C15H16N2OS/c1-17-7-6-11-4-5-12(9-14(11)17)16-15(18)10-13-3-2-8-19-13/h2-5,8-9H,6-7,10H2,1H3,(H,16,18). The van der Waals surface area contributed by atoms with E-state index >= 15 is 0 Å². The molecule has 98 valence electrons. The van der Waals surface area contributed by atoms with E-state index in [1.807, 2.05) is 23.6 Å². The summed E-state index contributed by atoms with van der Waals surface area (Å²) in [5, 5.41) is 4.96. The number of fused-ring (bicyclic) bond motifs is 1. The van der Waals surface area contributed by atoms with Crippen molar-refractivity contribution in [2.45, 2.75) is 12.8 Å². The molecule has 0 fully saturated rings. The van der Waals surface area contributed by atoms with Gasteiger partial charge in [0.25, 0.3) is 0 Å². The Kier molecular flexibility index (Phi) is 3.25. The molecule has 0 atom stereocenters. The number of anilines is 2. The van der Waals surface area contributed by atoms with Gasteiger partial charge in [0.05, 0.1) is 6.42 Å². The molecule has 1 N–H and O–H groups in total. The topological polar surface area (TPSA) is 32.3 Å². The van der Waals surface area contributed by atoms with Crippen LogP contribution < -0.4 is 10.2 Å².